The van der Waals surface area contributed by atoms with Gasteiger partial charge in [-0.3, -0.25) is 4.52 Å². The maximum absolute atomic E-state index is 13.2. The molecular formula is C17H17O4P. The van der Waals surface area contributed by atoms with Gasteiger partial charge in [0.2, 0.25) is 0 Å². The first-order valence-corrected chi connectivity index (χ1v) is 8.60. The average molecular weight is 316 g/mol. The van der Waals surface area contributed by atoms with Crippen LogP contribution >= 0.6 is 7.60 Å². The van der Waals surface area contributed by atoms with Gasteiger partial charge in [-0.1, -0.05) is 36.4 Å². The van der Waals surface area contributed by atoms with Crippen LogP contribution in [0.5, 0.6) is 5.75 Å². The van der Waals surface area contributed by atoms with Gasteiger partial charge in [-0.2, -0.15) is 0 Å². The zero-order valence-corrected chi connectivity index (χ0v) is 13.4. The fraction of sp³-hybridized carbons (Fsp3) is 0.176. The summed E-state index contributed by atoms with van der Waals surface area (Å²) >= 11 is 0. The number of methoxy groups -OCH3 is 1. The Balaban J connectivity index is 2.14. The second-order valence-electron chi connectivity index (χ2n) is 4.81. The molecule has 0 unspecified atom stereocenters. The van der Waals surface area contributed by atoms with Crippen molar-refractivity contribution in [2.24, 2.45) is 0 Å². The van der Waals surface area contributed by atoms with Crippen molar-refractivity contribution in [1.29, 1.82) is 0 Å². The van der Waals surface area contributed by atoms with Crippen LogP contribution in [0.25, 0.3) is 11.8 Å². The molecule has 1 atom stereocenters. The molecule has 1 aliphatic heterocycles. The molecule has 0 fully saturated rings. The summed E-state index contributed by atoms with van der Waals surface area (Å²) in [5, 5.41) is 0.536. The fourth-order valence-electron chi connectivity index (χ4n) is 2.36. The van der Waals surface area contributed by atoms with Crippen LogP contribution in [0.4, 0.5) is 0 Å². The van der Waals surface area contributed by atoms with Crippen LogP contribution in [-0.2, 0) is 13.6 Å². The largest absolute Gasteiger partial charge is 0.497 e. The highest BCUT2D eigenvalue weighted by molar-refractivity contribution is 7.62. The smallest absolute Gasteiger partial charge is 0.411 e. The van der Waals surface area contributed by atoms with E-state index in [0.717, 1.165) is 11.1 Å². The summed E-state index contributed by atoms with van der Waals surface area (Å²) in [6.07, 6.45) is 1.87. The molecule has 114 valence electrons. The van der Waals surface area contributed by atoms with Gasteiger partial charge in [-0.25, -0.2) is 4.57 Å². The summed E-state index contributed by atoms with van der Waals surface area (Å²) in [6.45, 7) is 2.10. The lowest BCUT2D eigenvalue weighted by Gasteiger charge is -2.26. The van der Waals surface area contributed by atoms with Crippen molar-refractivity contribution in [3.63, 3.8) is 0 Å². The molecule has 0 spiro atoms. The Morgan fingerprint density at radius 1 is 1.14 bits per heavy atom. The summed E-state index contributed by atoms with van der Waals surface area (Å²) in [6, 6.07) is 15.0. The zero-order valence-electron chi connectivity index (χ0n) is 12.5. The number of rotatable bonds is 4. The van der Waals surface area contributed by atoms with Gasteiger partial charge >= 0.3 is 7.60 Å². The van der Waals surface area contributed by atoms with E-state index in [-0.39, 0.29) is 0 Å². The number of ether oxygens (including phenoxy) is 1. The molecule has 2 aromatic carbocycles. The lowest BCUT2D eigenvalue weighted by molar-refractivity contribution is 0.279. The van der Waals surface area contributed by atoms with E-state index in [1.807, 2.05) is 48.5 Å². The van der Waals surface area contributed by atoms with Crippen molar-refractivity contribution in [1.82, 2.24) is 0 Å². The van der Waals surface area contributed by atoms with E-state index in [4.69, 9.17) is 13.8 Å². The minimum absolute atomic E-state index is 0.302. The monoisotopic (exact) mass is 316 g/mol. The second kappa shape index (κ2) is 5.99. The Morgan fingerprint density at radius 2 is 1.91 bits per heavy atom. The first kappa shape index (κ1) is 14.9. The SMILES string of the molecule is CCO[P@@]1(=O)OC(c2ccccc2)=Cc2ccc(OC)cc21. The highest BCUT2D eigenvalue weighted by Crippen LogP contribution is 2.54. The quantitative estimate of drug-likeness (QED) is 0.797. The van der Waals surface area contributed by atoms with Gasteiger partial charge in [0, 0.05) is 5.56 Å². The lowest BCUT2D eigenvalue weighted by Crippen LogP contribution is -2.17. The molecule has 3 rings (SSSR count). The van der Waals surface area contributed by atoms with E-state index in [0.29, 0.717) is 23.4 Å². The van der Waals surface area contributed by atoms with E-state index in [1.54, 1.807) is 20.1 Å². The summed E-state index contributed by atoms with van der Waals surface area (Å²) < 4.78 is 29.6. The molecule has 0 saturated heterocycles. The maximum atomic E-state index is 13.2. The molecule has 0 saturated carbocycles. The van der Waals surface area contributed by atoms with E-state index >= 15 is 0 Å². The molecule has 0 bridgehead atoms. The van der Waals surface area contributed by atoms with Crippen LogP contribution in [-0.4, -0.2) is 13.7 Å². The molecule has 5 heteroatoms. The van der Waals surface area contributed by atoms with Crippen LogP contribution in [0, 0.1) is 0 Å². The van der Waals surface area contributed by atoms with Gasteiger partial charge in [0.1, 0.15) is 11.5 Å². The van der Waals surface area contributed by atoms with Gasteiger partial charge in [-0.05, 0) is 30.7 Å². The van der Waals surface area contributed by atoms with Gasteiger partial charge in [0.15, 0.2) is 0 Å². The average Bonchev–Trinajstić information content (AvgIpc) is 2.55. The van der Waals surface area contributed by atoms with E-state index < -0.39 is 7.60 Å². The summed E-state index contributed by atoms with van der Waals surface area (Å²) in [7, 11) is -1.84. The number of hydrogen-bond acceptors (Lipinski definition) is 4. The normalized spacial score (nSPS) is 19.8. The van der Waals surface area contributed by atoms with Crippen molar-refractivity contribution >= 4 is 24.7 Å². The predicted octanol–water partition coefficient (Wildman–Crippen LogP) is 4.08. The molecule has 4 nitrogen and oxygen atoms in total. The second-order valence-corrected chi connectivity index (χ2v) is 6.72. The molecule has 2 aromatic rings. The molecule has 22 heavy (non-hydrogen) atoms. The Labute approximate surface area is 129 Å². The molecule has 0 amide bonds. The van der Waals surface area contributed by atoms with Crippen LogP contribution in [0.15, 0.2) is 48.5 Å². The topological polar surface area (TPSA) is 44.8 Å². The maximum Gasteiger partial charge on any atom is 0.411 e. The predicted molar refractivity (Wildman–Crippen MR) is 87.3 cm³/mol. The molecule has 0 aromatic heterocycles. The van der Waals surface area contributed by atoms with Crippen LogP contribution in [0.2, 0.25) is 0 Å². The zero-order chi connectivity index (χ0) is 15.6. The highest BCUT2D eigenvalue weighted by Gasteiger charge is 2.36. The number of benzene rings is 2. The first-order valence-electron chi connectivity index (χ1n) is 7.06. The van der Waals surface area contributed by atoms with Crippen LogP contribution < -0.4 is 10.0 Å². The van der Waals surface area contributed by atoms with Crippen molar-refractivity contribution in [2.75, 3.05) is 13.7 Å². The summed E-state index contributed by atoms with van der Waals surface area (Å²) in [4.78, 5) is 0. The van der Waals surface area contributed by atoms with Gasteiger partial charge in [0.25, 0.3) is 0 Å². The Hall–Kier alpha value is -2.03. The van der Waals surface area contributed by atoms with E-state index in [1.165, 1.54) is 0 Å². The molecule has 0 N–H and O–H groups in total. The van der Waals surface area contributed by atoms with Gasteiger partial charge in [0.05, 0.1) is 19.0 Å². The Bertz CT molecular complexity index is 753. The molecule has 0 radical (unpaired) electrons. The third-order valence-electron chi connectivity index (χ3n) is 3.40. The third-order valence-corrected chi connectivity index (χ3v) is 5.41. The first-order chi connectivity index (χ1) is 10.7. The van der Waals surface area contributed by atoms with Crippen molar-refractivity contribution < 1.29 is 18.3 Å². The third kappa shape index (κ3) is 2.68. The number of hydrogen-bond donors (Lipinski definition) is 0. The van der Waals surface area contributed by atoms with Crippen LogP contribution in [0.3, 0.4) is 0 Å². The number of fused-ring (bicyclic) bond motifs is 1. The van der Waals surface area contributed by atoms with E-state index in [2.05, 4.69) is 0 Å². The molecular weight excluding hydrogens is 299 g/mol. The molecule has 1 aliphatic rings. The summed E-state index contributed by atoms with van der Waals surface area (Å²) in [5.74, 6) is 1.17. The van der Waals surface area contributed by atoms with Crippen molar-refractivity contribution in [3.05, 3.63) is 59.7 Å². The minimum Gasteiger partial charge on any atom is -0.497 e. The van der Waals surface area contributed by atoms with Gasteiger partial charge in [-0.15, -0.1) is 0 Å². The Morgan fingerprint density at radius 3 is 2.59 bits per heavy atom. The molecule has 1 heterocycles. The van der Waals surface area contributed by atoms with Crippen molar-refractivity contribution in [2.45, 2.75) is 6.92 Å². The lowest BCUT2D eigenvalue weighted by atomic mass is 10.1. The highest BCUT2D eigenvalue weighted by atomic mass is 31.2. The van der Waals surface area contributed by atoms with Crippen LogP contribution in [0.1, 0.15) is 18.1 Å². The fourth-order valence-corrected chi connectivity index (χ4v) is 4.15. The summed E-state index contributed by atoms with van der Waals surface area (Å²) in [5.41, 5.74) is 1.69. The molecule has 0 aliphatic carbocycles. The standard InChI is InChI=1S/C17H17O4P/c1-3-20-22(18)17-12-15(19-2)10-9-14(17)11-16(21-22)13-7-5-4-6-8-13/h4-12H,3H2,1-2H3/t22-/m1/s1. The Kier molecular flexibility index (Phi) is 4.06. The van der Waals surface area contributed by atoms with Gasteiger partial charge < -0.3 is 9.26 Å². The minimum atomic E-state index is -3.41. The van der Waals surface area contributed by atoms with E-state index in [9.17, 15) is 4.57 Å². The van der Waals surface area contributed by atoms with Crippen molar-refractivity contribution in [3.8, 4) is 5.75 Å².